The molecule has 0 saturated carbocycles. The molecular weight excluding hydrogens is 268 g/mol. The summed E-state index contributed by atoms with van der Waals surface area (Å²) in [7, 11) is 0. The monoisotopic (exact) mass is 284 g/mol. The van der Waals surface area contributed by atoms with Crippen LogP contribution in [0, 0.1) is 10.9 Å². The van der Waals surface area contributed by atoms with Gasteiger partial charge in [-0.1, -0.05) is 0 Å². The lowest BCUT2D eigenvalue weighted by molar-refractivity contribution is -0.121. The second-order valence-corrected chi connectivity index (χ2v) is 6.79. The smallest absolute Gasteiger partial charge is 0.225 e. The van der Waals surface area contributed by atoms with Gasteiger partial charge in [0.05, 0.1) is 24.7 Å². The minimum Gasteiger partial charge on any atom is -0.373 e. The molecule has 3 rings (SSSR count). The van der Waals surface area contributed by atoms with Gasteiger partial charge in [-0.3, -0.25) is 4.79 Å². The first kappa shape index (κ1) is 12.3. The van der Waals surface area contributed by atoms with Crippen molar-refractivity contribution in [1.29, 1.82) is 0 Å². The summed E-state index contributed by atoms with van der Waals surface area (Å²) in [6.45, 7) is 1.95. The van der Waals surface area contributed by atoms with E-state index in [0.29, 0.717) is 12.5 Å². The molecule has 1 amide bonds. The SMILES string of the molecule is Cc1[nH]c(=S)sc1CC(=O)N[C@@H]1C[C@H]2CC[C@H]1O2. The Morgan fingerprint density at radius 1 is 1.61 bits per heavy atom. The van der Waals surface area contributed by atoms with Gasteiger partial charge in [-0.25, -0.2) is 0 Å². The molecule has 2 N–H and O–H groups in total. The van der Waals surface area contributed by atoms with Gasteiger partial charge in [0, 0.05) is 10.6 Å². The van der Waals surface area contributed by atoms with Crippen molar-refractivity contribution < 1.29 is 9.53 Å². The molecule has 0 unspecified atom stereocenters. The van der Waals surface area contributed by atoms with Gasteiger partial charge in [0.25, 0.3) is 0 Å². The lowest BCUT2D eigenvalue weighted by atomic mass is 9.95. The molecule has 2 aliphatic rings. The fourth-order valence-corrected chi connectivity index (χ4v) is 4.09. The molecule has 2 fully saturated rings. The van der Waals surface area contributed by atoms with Gasteiger partial charge in [0.1, 0.15) is 0 Å². The number of aryl methyl sites for hydroxylation is 1. The van der Waals surface area contributed by atoms with Crippen molar-refractivity contribution >= 4 is 29.5 Å². The van der Waals surface area contributed by atoms with Crippen LogP contribution in [0.3, 0.4) is 0 Å². The molecule has 1 aromatic rings. The van der Waals surface area contributed by atoms with Crippen LogP contribution < -0.4 is 5.32 Å². The zero-order valence-corrected chi connectivity index (χ0v) is 11.8. The second kappa shape index (κ2) is 4.75. The van der Waals surface area contributed by atoms with E-state index in [2.05, 4.69) is 10.3 Å². The number of H-pyrrole nitrogens is 1. The molecule has 4 nitrogen and oxygen atoms in total. The van der Waals surface area contributed by atoms with Crippen molar-refractivity contribution in [2.45, 2.75) is 50.9 Å². The maximum absolute atomic E-state index is 12.0. The molecule has 1 aromatic heterocycles. The lowest BCUT2D eigenvalue weighted by Gasteiger charge is -2.19. The van der Waals surface area contributed by atoms with E-state index in [4.69, 9.17) is 17.0 Å². The molecule has 2 bridgehead atoms. The van der Waals surface area contributed by atoms with Gasteiger partial charge in [-0.2, -0.15) is 0 Å². The molecular formula is C12H16N2O2S2. The molecule has 2 saturated heterocycles. The van der Waals surface area contributed by atoms with E-state index < -0.39 is 0 Å². The molecule has 6 heteroatoms. The summed E-state index contributed by atoms with van der Waals surface area (Å²) >= 11 is 6.55. The highest BCUT2D eigenvalue weighted by Gasteiger charge is 2.41. The number of aromatic nitrogens is 1. The third-order valence-corrected chi connectivity index (χ3v) is 5.03. The van der Waals surface area contributed by atoms with Crippen molar-refractivity contribution in [3.05, 3.63) is 14.5 Å². The number of carbonyl (C=O) groups excluding carboxylic acids is 1. The third kappa shape index (κ3) is 2.37. The molecule has 0 spiro atoms. The molecule has 2 aliphatic heterocycles. The second-order valence-electron chi connectivity index (χ2n) is 5.02. The number of aromatic amines is 1. The largest absolute Gasteiger partial charge is 0.373 e. The molecule has 0 aromatic carbocycles. The standard InChI is InChI=1S/C12H16N2O2S2/c1-6-10(18-12(17)13-6)5-11(15)14-8-4-7-2-3-9(8)16-7/h7-9H,2-5H2,1H3,(H,13,17)(H,14,15)/t7-,8-,9-/m1/s1. The Kier molecular flexibility index (Phi) is 3.25. The first-order valence-corrected chi connectivity index (χ1v) is 7.47. The van der Waals surface area contributed by atoms with Gasteiger partial charge in [0.15, 0.2) is 3.95 Å². The predicted octanol–water partition coefficient (Wildman–Crippen LogP) is 2.09. The Morgan fingerprint density at radius 3 is 3.00 bits per heavy atom. The Labute approximate surface area is 115 Å². The summed E-state index contributed by atoms with van der Waals surface area (Å²) in [5.41, 5.74) is 1.00. The quantitative estimate of drug-likeness (QED) is 0.836. The van der Waals surface area contributed by atoms with Crippen molar-refractivity contribution in [2.24, 2.45) is 0 Å². The van der Waals surface area contributed by atoms with Crippen LogP contribution in [0.25, 0.3) is 0 Å². The van der Waals surface area contributed by atoms with Gasteiger partial charge in [0.2, 0.25) is 5.91 Å². The van der Waals surface area contributed by atoms with Crippen LogP contribution in [0.4, 0.5) is 0 Å². The van der Waals surface area contributed by atoms with E-state index in [0.717, 1.165) is 33.8 Å². The van der Waals surface area contributed by atoms with Gasteiger partial charge < -0.3 is 15.0 Å². The maximum Gasteiger partial charge on any atom is 0.225 e. The Balaban J connectivity index is 1.59. The fraction of sp³-hybridized carbons (Fsp3) is 0.667. The molecule has 0 aliphatic carbocycles. The van der Waals surface area contributed by atoms with Crippen molar-refractivity contribution in [1.82, 2.24) is 10.3 Å². The Bertz CT molecular complexity index is 522. The van der Waals surface area contributed by atoms with E-state index in [1.54, 1.807) is 0 Å². The number of ether oxygens (including phenoxy) is 1. The summed E-state index contributed by atoms with van der Waals surface area (Å²) < 4.78 is 6.46. The topological polar surface area (TPSA) is 54.1 Å². The number of hydrogen-bond donors (Lipinski definition) is 2. The van der Waals surface area contributed by atoms with E-state index in [1.807, 2.05) is 6.92 Å². The number of rotatable bonds is 3. The molecule has 3 heterocycles. The van der Waals surface area contributed by atoms with Crippen LogP contribution in [0.5, 0.6) is 0 Å². The van der Waals surface area contributed by atoms with Crippen LogP contribution in [0.15, 0.2) is 0 Å². The molecule has 3 atom stereocenters. The summed E-state index contributed by atoms with van der Waals surface area (Å²) in [5, 5.41) is 3.09. The first-order chi connectivity index (χ1) is 8.61. The number of amides is 1. The van der Waals surface area contributed by atoms with Crippen LogP contribution in [-0.2, 0) is 16.0 Å². The molecule has 98 valence electrons. The van der Waals surface area contributed by atoms with E-state index in [-0.39, 0.29) is 18.1 Å². The maximum atomic E-state index is 12.0. The van der Waals surface area contributed by atoms with Crippen molar-refractivity contribution in [3.8, 4) is 0 Å². The number of thiazole rings is 1. The van der Waals surface area contributed by atoms with Gasteiger partial charge in [-0.15, -0.1) is 11.3 Å². The summed E-state index contributed by atoms with van der Waals surface area (Å²) in [6.07, 6.45) is 4.23. The minimum absolute atomic E-state index is 0.0736. The van der Waals surface area contributed by atoms with Crippen LogP contribution in [-0.4, -0.2) is 29.1 Å². The summed E-state index contributed by atoms with van der Waals surface area (Å²) in [4.78, 5) is 16.1. The number of fused-ring (bicyclic) bond motifs is 2. The zero-order chi connectivity index (χ0) is 12.7. The fourth-order valence-electron chi connectivity index (χ4n) is 2.80. The number of hydrogen-bond acceptors (Lipinski definition) is 4. The number of nitrogens with one attached hydrogen (secondary N) is 2. The molecule has 0 radical (unpaired) electrons. The highest BCUT2D eigenvalue weighted by molar-refractivity contribution is 7.73. The third-order valence-electron chi connectivity index (χ3n) is 3.70. The normalized spacial score (nSPS) is 29.7. The van der Waals surface area contributed by atoms with E-state index in [9.17, 15) is 4.79 Å². The van der Waals surface area contributed by atoms with E-state index >= 15 is 0 Å². The van der Waals surface area contributed by atoms with Gasteiger partial charge >= 0.3 is 0 Å². The van der Waals surface area contributed by atoms with Crippen LogP contribution in [0.2, 0.25) is 0 Å². The highest BCUT2D eigenvalue weighted by atomic mass is 32.1. The zero-order valence-electron chi connectivity index (χ0n) is 10.2. The predicted molar refractivity (Wildman–Crippen MR) is 72.4 cm³/mol. The summed E-state index contributed by atoms with van der Waals surface area (Å²) in [6, 6.07) is 0.212. The van der Waals surface area contributed by atoms with Crippen molar-refractivity contribution in [2.75, 3.05) is 0 Å². The average Bonchev–Trinajstić information content (AvgIpc) is 2.95. The minimum atomic E-state index is 0.0736. The first-order valence-electron chi connectivity index (χ1n) is 6.25. The Morgan fingerprint density at radius 2 is 2.44 bits per heavy atom. The number of carbonyl (C=O) groups is 1. The highest BCUT2D eigenvalue weighted by Crippen LogP contribution is 2.34. The van der Waals surface area contributed by atoms with Crippen LogP contribution >= 0.6 is 23.6 Å². The molecule has 18 heavy (non-hydrogen) atoms. The van der Waals surface area contributed by atoms with E-state index in [1.165, 1.54) is 11.3 Å². The van der Waals surface area contributed by atoms with Crippen LogP contribution in [0.1, 0.15) is 29.8 Å². The Hall–Kier alpha value is -0.720. The van der Waals surface area contributed by atoms with Crippen molar-refractivity contribution in [3.63, 3.8) is 0 Å². The average molecular weight is 284 g/mol. The van der Waals surface area contributed by atoms with Gasteiger partial charge in [-0.05, 0) is 38.4 Å². The summed E-state index contributed by atoms with van der Waals surface area (Å²) in [5.74, 6) is 0.0736. The lowest BCUT2D eigenvalue weighted by Crippen LogP contribution is -2.42.